The van der Waals surface area contributed by atoms with Crippen LogP contribution in [0.15, 0.2) is 67.3 Å². The minimum absolute atomic E-state index is 1.28. The van der Waals surface area contributed by atoms with Gasteiger partial charge in [-0.3, -0.25) is 4.98 Å². The summed E-state index contributed by atoms with van der Waals surface area (Å²) in [6, 6.07) is 14.0. The summed E-state index contributed by atoms with van der Waals surface area (Å²) in [6.07, 6.45) is 7.49. The summed E-state index contributed by atoms with van der Waals surface area (Å²) in [7, 11) is 0. The van der Waals surface area contributed by atoms with Crippen LogP contribution >= 0.6 is 0 Å². The van der Waals surface area contributed by atoms with E-state index >= 15 is 0 Å². The Morgan fingerprint density at radius 3 is 1.73 bits per heavy atom. The zero-order chi connectivity index (χ0) is 10.3. The van der Waals surface area contributed by atoms with E-state index < -0.39 is 0 Å². The molecule has 0 unspecified atom stereocenters. The zero-order valence-corrected chi connectivity index (χ0v) is 8.30. The third-order valence-electron chi connectivity index (χ3n) is 2.04. The first-order valence-electron chi connectivity index (χ1n) is 4.83. The van der Waals surface area contributed by atoms with Gasteiger partial charge in [0.15, 0.2) is 0 Å². The van der Waals surface area contributed by atoms with Crippen LogP contribution in [0.5, 0.6) is 0 Å². The molecule has 0 fully saturated rings. The summed E-state index contributed by atoms with van der Waals surface area (Å²) in [5.74, 6) is 0. The van der Waals surface area contributed by atoms with Gasteiger partial charge in [-0.2, -0.15) is 0 Å². The number of aromatic amines is 1. The predicted octanol–water partition coefficient (Wildman–Crippen LogP) is 3.25. The number of rotatable bonds is 0. The number of hydrogen-bond acceptors (Lipinski definition) is 1. The molecule has 15 heavy (non-hydrogen) atoms. The molecule has 2 heterocycles. The van der Waals surface area contributed by atoms with Crippen molar-refractivity contribution in [2.45, 2.75) is 0 Å². The van der Waals surface area contributed by atoms with E-state index in [4.69, 9.17) is 0 Å². The van der Waals surface area contributed by atoms with Crippen molar-refractivity contribution in [2.75, 3.05) is 0 Å². The highest BCUT2D eigenvalue weighted by molar-refractivity contribution is 5.81. The van der Waals surface area contributed by atoms with Gasteiger partial charge in [0.2, 0.25) is 0 Å². The number of hydrogen-bond donors (Lipinski definition) is 1. The van der Waals surface area contributed by atoms with E-state index in [1.165, 1.54) is 10.8 Å². The molecule has 1 N–H and O–H groups in total. The van der Waals surface area contributed by atoms with Crippen LogP contribution in [-0.2, 0) is 0 Å². The zero-order valence-electron chi connectivity index (χ0n) is 8.30. The highest BCUT2D eigenvalue weighted by Crippen LogP contribution is 2.10. The van der Waals surface area contributed by atoms with E-state index in [9.17, 15) is 0 Å². The van der Waals surface area contributed by atoms with E-state index in [0.29, 0.717) is 0 Å². The Labute approximate surface area is 88.6 Å². The second-order valence-electron chi connectivity index (χ2n) is 3.11. The lowest BCUT2D eigenvalue weighted by atomic mass is 10.2. The van der Waals surface area contributed by atoms with Crippen molar-refractivity contribution in [2.24, 2.45) is 0 Å². The molecule has 0 bridgehead atoms. The van der Waals surface area contributed by atoms with Crippen LogP contribution in [0.1, 0.15) is 0 Å². The highest BCUT2D eigenvalue weighted by atomic mass is 14.6. The molecule has 0 aliphatic rings. The fourth-order valence-corrected chi connectivity index (χ4v) is 1.31. The molecule has 74 valence electrons. The van der Waals surface area contributed by atoms with Crippen molar-refractivity contribution in [1.82, 2.24) is 9.97 Å². The Balaban J connectivity index is 0.000000124. The average Bonchev–Trinajstić information content (AvgIpc) is 2.80. The lowest BCUT2D eigenvalue weighted by molar-refractivity contribution is 1.33. The number of nitrogens with zero attached hydrogens (tertiary/aromatic N) is 1. The summed E-state index contributed by atoms with van der Waals surface area (Å²) in [5.41, 5.74) is 0. The van der Waals surface area contributed by atoms with Crippen LogP contribution in [-0.4, -0.2) is 9.97 Å². The van der Waals surface area contributed by atoms with Crippen molar-refractivity contribution in [3.05, 3.63) is 67.3 Å². The van der Waals surface area contributed by atoms with E-state index in [0.717, 1.165) is 0 Å². The van der Waals surface area contributed by atoms with Gasteiger partial charge in [-0.1, -0.05) is 30.3 Å². The summed E-state index contributed by atoms with van der Waals surface area (Å²) >= 11 is 0. The molecule has 0 saturated heterocycles. The molecule has 0 atom stereocenters. The van der Waals surface area contributed by atoms with Crippen LogP contribution in [0.4, 0.5) is 0 Å². The third-order valence-corrected chi connectivity index (χ3v) is 2.04. The van der Waals surface area contributed by atoms with E-state index in [1.54, 1.807) is 12.4 Å². The Kier molecular flexibility index (Phi) is 3.13. The molecule has 0 saturated carbocycles. The Morgan fingerprint density at radius 1 is 0.733 bits per heavy atom. The van der Waals surface area contributed by atoms with Crippen LogP contribution in [0.25, 0.3) is 10.8 Å². The quantitative estimate of drug-likeness (QED) is 0.587. The number of fused-ring (bicyclic) bond motifs is 1. The molecular formula is C13H12N2. The summed E-state index contributed by atoms with van der Waals surface area (Å²) < 4.78 is 0. The molecule has 2 aromatic heterocycles. The van der Waals surface area contributed by atoms with Crippen LogP contribution in [0, 0.1) is 0 Å². The van der Waals surface area contributed by atoms with E-state index in [1.807, 2.05) is 42.7 Å². The largest absolute Gasteiger partial charge is 0.366 e. The lowest BCUT2D eigenvalue weighted by Gasteiger charge is -1.81. The molecule has 2 heteroatoms. The molecule has 0 spiro atoms. The van der Waals surface area contributed by atoms with Gasteiger partial charge >= 0.3 is 0 Å². The summed E-state index contributed by atoms with van der Waals surface area (Å²) in [4.78, 5) is 6.82. The average molecular weight is 196 g/mol. The molecular weight excluding hydrogens is 184 g/mol. The minimum atomic E-state index is 1.28. The Morgan fingerprint density at radius 2 is 1.33 bits per heavy atom. The molecule has 1 aromatic carbocycles. The third kappa shape index (κ3) is 2.68. The van der Waals surface area contributed by atoms with E-state index in [2.05, 4.69) is 22.1 Å². The fourth-order valence-electron chi connectivity index (χ4n) is 1.31. The lowest BCUT2D eigenvalue weighted by Crippen LogP contribution is -1.58. The van der Waals surface area contributed by atoms with Crippen LogP contribution < -0.4 is 0 Å². The maximum absolute atomic E-state index is 3.78. The number of nitrogens with one attached hydrogen (secondary N) is 1. The van der Waals surface area contributed by atoms with Gasteiger partial charge in [0.1, 0.15) is 0 Å². The Hall–Kier alpha value is -2.09. The monoisotopic (exact) mass is 196 g/mol. The topological polar surface area (TPSA) is 28.7 Å². The first kappa shape index (κ1) is 9.46. The normalized spacial score (nSPS) is 9.33. The molecule has 3 aromatic rings. The van der Waals surface area contributed by atoms with Crippen molar-refractivity contribution in [3.8, 4) is 0 Å². The summed E-state index contributed by atoms with van der Waals surface area (Å²) in [6.45, 7) is 0. The molecule has 2 nitrogen and oxygen atoms in total. The van der Waals surface area contributed by atoms with Gasteiger partial charge in [0, 0.05) is 24.8 Å². The maximum Gasteiger partial charge on any atom is 0.0267 e. The first-order chi connectivity index (χ1) is 7.47. The fraction of sp³-hybridized carbons (Fsp3) is 0. The molecule has 0 radical (unpaired) electrons. The van der Waals surface area contributed by atoms with Crippen LogP contribution in [0.3, 0.4) is 0 Å². The van der Waals surface area contributed by atoms with Crippen molar-refractivity contribution >= 4 is 10.8 Å². The van der Waals surface area contributed by atoms with Crippen molar-refractivity contribution in [3.63, 3.8) is 0 Å². The van der Waals surface area contributed by atoms with E-state index in [-0.39, 0.29) is 0 Å². The SMILES string of the molecule is c1ccc2c[nH]cc2c1.c1ccncc1. The van der Waals surface area contributed by atoms with Gasteiger partial charge < -0.3 is 4.98 Å². The smallest absolute Gasteiger partial charge is 0.0267 e. The van der Waals surface area contributed by atoms with Gasteiger partial charge in [-0.25, -0.2) is 0 Å². The predicted molar refractivity (Wildman–Crippen MR) is 62.5 cm³/mol. The molecule has 3 rings (SSSR count). The molecule has 0 aliphatic heterocycles. The second-order valence-corrected chi connectivity index (χ2v) is 3.11. The number of benzene rings is 1. The van der Waals surface area contributed by atoms with Gasteiger partial charge in [-0.15, -0.1) is 0 Å². The molecule has 0 aliphatic carbocycles. The molecule has 0 amide bonds. The maximum atomic E-state index is 3.78. The number of H-pyrrole nitrogens is 1. The standard InChI is InChI=1S/C8H7N.C5H5N/c1-2-4-8-6-9-5-7(8)3-1;1-2-4-6-5-3-1/h1-6,9H;1-5H. The highest BCUT2D eigenvalue weighted by Gasteiger charge is 1.86. The first-order valence-corrected chi connectivity index (χ1v) is 4.83. The summed E-state index contributed by atoms with van der Waals surface area (Å²) in [5, 5.41) is 2.55. The number of pyridine rings is 1. The van der Waals surface area contributed by atoms with Crippen molar-refractivity contribution < 1.29 is 0 Å². The van der Waals surface area contributed by atoms with Gasteiger partial charge in [0.25, 0.3) is 0 Å². The van der Waals surface area contributed by atoms with Gasteiger partial charge in [-0.05, 0) is 22.9 Å². The minimum Gasteiger partial charge on any atom is -0.366 e. The second kappa shape index (κ2) is 4.96. The van der Waals surface area contributed by atoms with Crippen LogP contribution in [0.2, 0.25) is 0 Å². The Bertz CT molecular complexity index is 443. The van der Waals surface area contributed by atoms with Crippen molar-refractivity contribution in [1.29, 1.82) is 0 Å². The van der Waals surface area contributed by atoms with Gasteiger partial charge in [0.05, 0.1) is 0 Å². The number of aromatic nitrogens is 2.